The largest absolute Gasteiger partial charge is 0.352 e. The number of nitrogens with zero attached hydrogens (tertiary/aromatic N) is 5. The van der Waals surface area contributed by atoms with Crippen LogP contribution in [0, 0.1) is 17.0 Å². The van der Waals surface area contributed by atoms with Crippen LogP contribution >= 0.6 is 0 Å². The maximum atomic E-state index is 12.5. The summed E-state index contributed by atoms with van der Waals surface area (Å²) < 4.78 is 1.58. The van der Waals surface area contributed by atoms with Crippen LogP contribution in [0.2, 0.25) is 0 Å². The number of nitrogens with one attached hydrogen (secondary N) is 1. The number of hydrogen-bond acceptors (Lipinski definition) is 6. The predicted octanol–water partition coefficient (Wildman–Crippen LogP) is 1.21. The minimum absolute atomic E-state index is 0.0768. The van der Waals surface area contributed by atoms with E-state index in [9.17, 15) is 14.9 Å². The van der Waals surface area contributed by atoms with E-state index in [0.29, 0.717) is 43.7 Å². The molecule has 2 aliphatic rings. The number of piperazine rings is 1. The second-order valence-corrected chi connectivity index (χ2v) is 7.33. The summed E-state index contributed by atoms with van der Waals surface area (Å²) in [4.78, 5) is 27.7. The van der Waals surface area contributed by atoms with Crippen LogP contribution in [0.1, 0.15) is 38.3 Å². The van der Waals surface area contributed by atoms with E-state index in [-0.39, 0.29) is 22.6 Å². The Kier molecular flexibility index (Phi) is 5.45. The van der Waals surface area contributed by atoms with Crippen LogP contribution in [-0.2, 0) is 11.8 Å². The third-order valence-corrected chi connectivity index (χ3v) is 5.59. The molecule has 1 aromatic rings. The Morgan fingerprint density at radius 1 is 1.27 bits per heavy atom. The molecule has 9 nitrogen and oxygen atoms in total. The molecule has 1 saturated heterocycles. The van der Waals surface area contributed by atoms with E-state index in [1.807, 2.05) is 11.8 Å². The molecule has 0 bridgehead atoms. The van der Waals surface area contributed by atoms with Crippen LogP contribution in [0.25, 0.3) is 0 Å². The van der Waals surface area contributed by atoms with Gasteiger partial charge in [-0.25, -0.2) is 4.68 Å². The molecule has 144 valence electrons. The van der Waals surface area contributed by atoms with Crippen LogP contribution in [0.3, 0.4) is 0 Å². The summed E-state index contributed by atoms with van der Waals surface area (Å²) >= 11 is 0. The van der Waals surface area contributed by atoms with Gasteiger partial charge in [0.1, 0.15) is 5.69 Å². The summed E-state index contributed by atoms with van der Waals surface area (Å²) in [5, 5.41) is 18.7. The number of carbonyl (C=O) groups excluding carboxylic acids is 1. The molecule has 1 aliphatic heterocycles. The second-order valence-electron chi connectivity index (χ2n) is 7.33. The molecule has 0 aromatic carbocycles. The summed E-state index contributed by atoms with van der Waals surface area (Å²) in [5.74, 6) is 0.642. The van der Waals surface area contributed by atoms with Gasteiger partial charge in [0.05, 0.1) is 11.0 Å². The fourth-order valence-electron chi connectivity index (χ4n) is 4.08. The first-order chi connectivity index (χ1) is 12.4. The van der Waals surface area contributed by atoms with Gasteiger partial charge in [-0.2, -0.15) is 5.10 Å². The van der Waals surface area contributed by atoms with Crippen molar-refractivity contribution in [1.82, 2.24) is 20.0 Å². The highest BCUT2D eigenvalue weighted by Crippen LogP contribution is 2.31. The zero-order chi connectivity index (χ0) is 18.8. The molecule has 0 radical (unpaired) electrons. The normalized spacial score (nSPS) is 20.3. The van der Waals surface area contributed by atoms with Crippen molar-refractivity contribution >= 4 is 17.4 Å². The summed E-state index contributed by atoms with van der Waals surface area (Å²) in [6, 6.07) is 0.146. The zero-order valence-corrected chi connectivity index (χ0v) is 15.8. The summed E-state index contributed by atoms with van der Waals surface area (Å²) in [6.45, 7) is 6.27. The van der Waals surface area contributed by atoms with E-state index in [0.717, 1.165) is 12.8 Å². The molecule has 0 spiro atoms. The molecule has 2 heterocycles. The SMILES string of the molecule is Cc1nn(C)c(N2CCN(C(C)C(=O)NC3CCCC3)CC2)c1[N+](=O)[O-]. The molecular weight excluding hydrogens is 336 g/mol. The predicted molar refractivity (Wildman–Crippen MR) is 98.2 cm³/mol. The number of nitro groups is 1. The number of amides is 1. The van der Waals surface area contributed by atoms with Gasteiger partial charge in [0, 0.05) is 39.3 Å². The first kappa shape index (κ1) is 18.6. The van der Waals surface area contributed by atoms with Gasteiger partial charge in [-0.05, 0) is 26.7 Å². The van der Waals surface area contributed by atoms with E-state index < -0.39 is 0 Å². The number of hydrogen-bond donors (Lipinski definition) is 1. The molecule has 1 aliphatic carbocycles. The third kappa shape index (κ3) is 3.67. The van der Waals surface area contributed by atoms with Crippen LogP contribution in [0.4, 0.5) is 11.5 Å². The Labute approximate surface area is 153 Å². The summed E-state index contributed by atoms with van der Waals surface area (Å²) in [5.41, 5.74) is 0.507. The highest BCUT2D eigenvalue weighted by atomic mass is 16.6. The Morgan fingerprint density at radius 3 is 2.46 bits per heavy atom. The minimum Gasteiger partial charge on any atom is -0.352 e. The van der Waals surface area contributed by atoms with Crippen LogP contribution in [0.15, 0.2) is 0 Å². The Hall–Kier alpha value is -2.16. The smallest absolute Gasteiger partial charge is 0.333 e. The lowest BCUT2D eigenvalue weighted by Crippen LogP contribution is -2.55. The Bertz CT molecular complexity index is 674. The molecule has 1 saturated carbocycles. The highest BCUT2D eigenvalue weighted by molar-refractivity contribution is 5.81. The topological polar surface area (TPSA) is 96.5 Å². The molecule has 26 heavy (non-hydrogen) atoms. The van der Waals surface area contributed by atoms with Crippen molar-refractivity contribution in [2.24, 2.45) is 7.05 Å². The van der Waals surface area contributed by atoms with Crippen molar-refractivity contribution in [3.05, 3.63) is 15.8 Å². The van der Waals surface area contributed by atoms with E-state index in [4.69, 9.17) is 0 Å². The molecule has 1 N–H and O–H groups in total. The van der Waals surface area contributed by atoms with E-state index in [2.05, 4.69) is 15.3 Å². The van der Waals surface area contributed by atoms with Gasteiger partial charge < -0.3 is 10.2 Å². The summed E-state index contributed by atoms with van der Waals surface area (Å²) in [6.07, 6.45) is 4.55. The number of carbonyl (C=O) groups is 1. The number of anilines is 1. The Morgan fingerprint density at radius 2 is 1.88 bits per heavy atom. The van der Waals surface area contributed by atoms with Crippen LogP contribution in [0.5, 0.6) is 0 Å². The molecule has 2 fully saturated rings. The van der Waals surface area contributed by atoms with E-state index in [1.54, 1.807) is 18.7 Å². The maximum absolute atomic E-state index is 12.5. The first-order valence-corrected chi connectivity index (χ1v) is 9.36. The molecule has 1 aromatic heterocycles. The third-order valence-electron chi connectivity index (χ3n) is 5.59. The average molecular weight is 364 g/mol. The van der Waals surface area contributed by atoms with Gasteiger partial charge in [0.2, 0.25) is 11.7 Å². The van der Waals surface area contributed by atoms with Crippen molar-refractivity contribution in [2.45, 2.75) is 51.6 Å². The van der Waals surface area contributed by atoms with E-state index >= 15 is 0 Å². The fraction of sp³-hybridized carbons (Fsp3) is 0.765. The standard InChI is InChI=1S/C17H28N6O3/c1-12-15(23(25)26)17(20(3)19-12)22-10-8-21(9-11-22)13(2)16(24)18-14-6-4-5-7-14/h13-14H,4-11H2,1-3H3,(H,18,24). The van der Waals surface area contributed by atoms with Gasteiger partial charge in [-0.3, -0.25) is 19.8 Å². The van der Waals surface area contributed by atoms with Gasteiger partial charge >= 0.3 is 5.69 Å². The van der Waals surface area contributed by atoms with Gasteiger partial charge in [0.25, 0.3) is 0 Å². The van der Waals surface area contributed by atoms with Crippen molar-refractivity contribution in [1.29, 1.82) is 0 Å². The second kappa shape index (κ2) is 7.61. The van der Waals surface area contributed by atoms with Crippen molar-refractivity contribution in [2.75, 3.05) is 31.1 Å². The molecule has 1 unspecified atom stereocenters. The van der Waals surface area contributed by atoms with Crippen molar-refractivity contribution in [3.63, 3.8) is 0 Å². The average Bonchev–Trinajstić information content (AvgIpc) is 3.21. The fourth-order valence-corrected chi connectivity index (χ4v) is 4.08. The molecule has 1 atom stereocenters. The Balaban J connectivity index is 1.60. The van der Waals surface area contributed by atoms with Crippen molar-refractivity contribution in [3.8, 4) is 0 Å². The van der Waals surface area contributed by atoms with Crippen LogP contribution < -0.4 is 10.2 Å². The lowest BCUT2D eigenvalue weighted by Gasteiger charge is -2.38. The van der Waals surface area contributed by atoms with Gasteiger partial charge in [-0.15, -0.1) is 0 Å². The zero-order valence-electron chi connectivity index (χ0n) is 15.8. The number of aryl methyl sites for hydroxylation is 2. The van der Waals surface area contributed by atoms with Crippen molar-refractivity contribution < 1.29 is 9.72 Å². The quantitative estimate of drug-likeness (QED) is 0.623. The number of rotatable bonds is 5. The monoisotopic (exact) mass is 364 g/mol. The minimum atomic E-state index is -0.359. The van der Waals surface area contributed by atoms with Crippen LogP contribution in [-0.4, -0.2) is 63.8 Å². The lowest BCUT2D eigenvalue weighted by molar-refractivity contribution is -0.384. The lowest BCUT2D eigenvalue weighted by atomic mass is 10.2. The highest BCUT2D eigenvalue weighted by Gasteiger charge is 2.33. The summed E-state index contributed by atoms with van der Waals surface area (Å²) in [7, 11) is 1.74. The molecule has 1 amide bonds. The first-order valence-electron chi connectivity index (χ1n) is 9.36. The molecule has 9 heteroatoms. The van der Waals surface area contributed by atoms with Gasteiger partial charge in [0.15, 0.2) is 0 Å². The van der Waals surface area contributed by atoms with Gasteiger partial charge in [-0.1, -0.05) is 12.8 Å². The maximum Gasteiger partial charge on any atom is 0.333 e. The molecule has 3 rings (SSSR count). The van der Waals surface area contributed by atoms with E-state index in [1.165, 1.54) is 12.8 Å². The molecular formula is C17H28N6O3. The number of aromatic nitrogens is 2.